The zero-order valence-electron chi connectivity index (χ0n) is 17.9. The SMILES string of the molecule is CC1CCC(C(C)C)C(OC(=O)OC(=O)OC2CC(C)CCC2C(C)C)C1. The molecule has 2 aliphatic carbocycles. The summed E-state index contributed by atoms with van der Waals surface area (Å²) in [6, 6.07) is 0. The zero-order chi connectivity index (χ0) is 20.1. The van der Waals surface area contributed by atoms with E-state index in [0.717, 1.165) is 38.5 Å². The van der Waals surface area contributed by atoms with E-state index in [4.69, 9.17) is 14.2 Å². The van der Waals surface area contributed by atoms with E-state index in [1.54, 1.807) is 0 Å². The van der Waals surface area contributed by atoms with Gasteiger partial charge in [-0.05, 0) is 61.2 Å². The van der Waals surface area contributed by atoms with E-state index >= 15 is 0 Å². The summed E-state index contributed by atoms with van der Waals surface area (Å²) in [4.78, 5) is 24.3. The van der Waals surface area contributed by atoms with Crippen LogP contribution in [-0.4, -0.2) is 24.5 Å². The van der Waals surface area contributed by atoms with Crippen molar-refractivity contribution in [2.75, 3.05) is 0 Å². The Labute approximate surface area is 164 Å². The van der Waals surface area contributed by atoms with Gasteiger partial charge in [-0.3, -0.25) is 0 Å². The van der Waals surface area contributed by atoms with Crippen molar-refractivity contribution in [3.63, 3.8) is 0 Å². The standard InChI is InChI=1S/C22H38O5/c1-13(2)17-9-7-15(5)11-19(17)25-21(23)27-22(24)26-20-12-16(6)8-10-18(20)14(3)4/h13-20H,7-12H2,1-6H3. The van der Waals surface area contributed by atoms with Crippen LogP contribution in [0.15, 0.2) is 0 Å². The summed E-state index contributed by atoms with van der Waals surface area (Å²) in [5, 5.41) is 0. The first-order valence-electron chi connectivity index (χ1n) is 10.8. The van der Waals surface area contributed by atoms with Crippen molar-refractivity contribution in [1.82, 2.24) is 0 Å². The molecule has 156 valence electrons. The van der Waals surface area contributed by atoms with Crippen molar-refractivity contribution in [3.05, 3.63) is 0 Å². The summed E-state index contributed by atoms with van der Waals surface area (Å²) in [7, 11) is 0. The molecule has 5 nitrogen and oxygen atoms in total. The second-order valence-corrected chi connectivity index (χ2v) is 9.57. The van der Waals surface area contributed by atoms with E-state index in [1.165, 1.54) is 0 Å². The van der Waals surface area contributed by atoms with E-state index in [-0.39, 0.29) is 12.2 Å². The summed E-state index contributed by atoms with van der Waals surface area (Å²) >= 11 is 0. The van der Waals surface area contributed by atoms with Gasteiger partial charge in [0.1, 0.15) is 12.2 Å². The van der Waals surface area contributed by atoms with Crippen molar-refractivity contribution in [2.45, 2.75) is 92.3 Å². The Morgan fingerprint density at radius 1 is 0.704 bits per heavy atom. The molecule has 0 spiro atoms. The van der Waals surface area contributed by atoms with E-state index in [1.807, 2.05) is 0 Å². The van der Waals surface area contributed by atoms with Crippen LogP contribution in [0.25, 0.3) is 0 Å². The Hall–Kier alpha value is -1.26. The van der Waals surface area contributed by atoms with Crippen molar-refractivity contribution < 1.29 is 23.8 Å². The number of ether oxygens (including phenoxy) is 3. The van der Waals surface area contributed by atoms with Crippen LogP contribution in [0.1, 0.15) is 80.1 Å². The van der Waals surface area contributed by atoms with Crippen molar-refractivity contribution in [1.29, 1.82) is 0 Å². The molecular formula is C22H38O5. The molecule has 0 heterocycles. The Kier molecular flexibility index (Phi) is 7.99. The molecule has 2 rings (SSSR count). The maximum absolute atomic E-state index is 12.2. The number of carbonyl (C=O) groups excluding carboxylic acids is 2. The molecule has 27 heavy (non-hydrogen) atoms. The van der Waals surface area contributed by atoms with Gasteiger partial charge >= 0.3 is 12.3 Å². The van der Waals surface area contributed by atoms with Crippen molar-refractivity contribution in [3.8, 4) is 0 Å². The highest BCUT2D eigenvalue weighted by atomic mass is 16.8. The summed E-state index contributed by atoms with van der Waals surface area (Å²) in [5.74, 6) is 2.51. The van der Waals surface area contributed by atoms with Gasteiger partial charge in [0, 0.05) is 0 Å². The van der Waals surface area contributed by atoms with Crippen LogP contribution in [0.5, 0.6) is 0 Å². The second kappa shape index (κ2) is 9.79. The highest BCUT2D eigenvalue weighted by molar-refractivity contribution is 5.77. The molecule has 0 aromatic heterocycles. The van der Waals surface area contributed by atoms with Gasteiger partial charge in [-0.15, -0.1) is 0 Å². The molecule has 0 N–H and O–H groups in total. The fraction of sp³-hybridized carbons (Fsp3) is 0.909. The molecule has 0 saturated heterocycles. The van der Waals surface area contributed by atoms with Crippen LogP contribution in [0.4, 0.5) is 9.59 Å². The fourth-order valence-corrected chi connectivity index (χ4v) is 4.86. The predicted octanol–water partition coefficient (Wildman–Crippen LogP) is 6.20. The highest BCUT2D eigenvalue weighted by Gasteiger charge is 2.36. The summed E-state index contributed by atoms with van der Waals surface area (Å²) in [6.45, 7) is 12.9. The molecule has 6 unspecified atom stereocenters. The van der Waals surface area contributed by atoms with E-state index in [9.17, 15) is 9.59 Å². The lowest BCUT2D eigenvalue weighted by Crippen LogP contribution is -2.38. The van der Waals surface area contributed by atoms with Gasteiger partial charge in [-0.1, -0.05) is 54.4 Å². The van der Waals surface area contributed by atoms with Crippen LogP contribution >= 0.6 is 0 Å². The lowest BCUT2D eigenvalue weighted by Gasteiger charge is -2.37. The van der Waals surface area contributed by atoms with Crippen LogP contribution in [0, 0.1) is 35.5 Å². The van der Waals surface area contributed by atoms with Crippen LogP contribution in [-0.2, 0) is 14.2 Å². The molecule has 0 aromatic carbocycles. The molecule has 6 atom stereocenters. The minimum absolute atomic E-state index is 0.188. The molecule has 0 aromatic rings. The smallest absolute Gasteiger partial charge is 0.430 e. The monoisotopic (exact) mass is 382 g/mol. The maximum Gasteiger partial charge on any atom is 0.518 e. The third kappa shape index (κ3) is 6.39. The first-order chi connectivity index (χ1) is 12.7. The normalized spacial score (nSPS) is 34.4. The van der Waals surface area contributed by atoms with Gasteiger partial charge < -0.3 is 14.2 Å². The number of carbonyl (C=O) groups is 2. The second-order valence-electron chi connectivity index (χ2n) is 9.57. The fourth-order valence-electron chi connectivity index (χ4n) is 4.86. The molecule has 0 aliphatic heterocycles. The van der Waals surface area contributed by atoms with Gasteiger partial charge in [-0.25, -0.2) is 9.59 Å². The third-order valence-corrected chi connectivity index (χ3v) is 6.58. The van der Waals surface area contributed by atoms with Gasteiger partial charge in [-0.2, -0.15) is 0 Å². The van der Waals surface area contributed by atoms with E-state index in [2.05, 4.69) is 41.5 Å². The van der Waals surface area contributed by atoms with E-state index in [0.29, 0.717) is 35.5 Å². The zero-order valence-corrected chi connectivity index (χ0v) is 17.9. The minimum atomic E-state index is -0.922. The van der Waals surface area contributed by atoms with Crippen molar-refractivity contribution >= 4 is 12.3 Å². The number of hydrogen-bond donors (Lipinski definition) is 0. The number of hydrogen-bond acceptors (Lipinski definition) is 5. The quantitative estimate of drug-likeness (QED) is 0.428. The lowest BCUT2D eigenvalue weighted by atomic mass is 9.75. The molecule has 0 amide bonds. The predicted molar refractivity (Wildman–Crippen MR) is 104 cm³/mol. The summed E-state index contributed by atoms with van der Waals surface area (Å²) < 4.78 is 15.9. The molecule has 2 saturated carbocycles. The molecule has 0 radical (unpaired) electrons. The van der Waals surface area contributed by atoms with Crippen molar-refractivity contribution in [2.24, 2.45) is 35.5 Å². The maximum atomic E-state index is 12.2. The number of rotatable bonds is 4. The average Bonchev–Trinajstić information content (AvgIpc) is 2.53. The van der Waals surface area contributed by atoms with Gasteiger partial charge in [0.2, 0.25) is 0 Å². The Bertz CT molecular complexity index is 457. The van der Waals surface area contributed by atoms with Crippen LogP contribution < -0.4 is 0 Å². The molecule has 2 aliphatic rings. The first kappa shape index (κ1) is 22.0. The van der Waals surface area contributed by atoms with Crippen LogP contribution in [0.3, 0.4) is 0 Å². The average molecular weight is 383 g/mol. The molecule has 0 bridgehead atoms. The molecular weight excluding hydrogens is 344 g/mol. The topological polar surface area (TPSA) is 61.8 Å². The van der Waals surface area contributed by atoms with E-state index < -0.39 is 12.3 Å². The molecule has 5 heteroatoms. The third-order valence-electron chi connectivity index (χ3n) is 6.58. The first-order valence-corrected chi connectivity index (χ1v) is 10.8. The van der Waals surface area contributed by atoms with Crippen LogP contribution in [0.2, 0.25) is 0 Å². The Morgan fingerprint density at radius 2 is 1.07 bits per heavy atom. The lowest BCUT2D eigenvalue weighted by molar-refractivity contribution is -0.0504. The Morgan fingerprint density at radius 3 is 1.41 bits per heavy atom. The minimum Gasteiger partial charge on any atom is -0.430 e. The van der Waals surface area contributed by atoms with Gasteiger partial charge in [0.25, 0.3) is 0 Å². The van der Waals surface area contributed by atoms with Gasteiger partial charge in [0.15, 0.2) is 0 Å². The summed E-state index contributed by atoms with van der Waals surface area (Å²) in [6.07, 6.45) is 3.80. The highest BCUT2D eigenvalue weighted by Crippen LogP contribution is 2.37. The summed E-state index contributed by atoms with van der Waals surface area (Å²) in [5.41, 5.74) is 0. The van der Waals surface area contributed by atoms with Gasteiger partial charge in [0.05, 0.1) is 0 Å². The largest absolute Gasteiger partial charge is 0.518 e. The molecule has 2 fully saturated rings. The Balaban J connectivity index is 1.87.